The maximum atomic E-state index is 11.6. The summed E-state index contributed by atoms with van der Waals surface area (Å²) < 4.78 is 9.50. The third-order valence-corrected chi connectivity index (χ3v) is 2.41. The molecule has 0 aliphatic carbocycles. The quantitative estimate of drug-likeness (QED) is 0.643. The van der Waals surface area contributed by atoms with Gasteiger partial charge in [-0.15, -0.1) is 0 Å². The van der Waals surface area contributed by atoms with Crippen LogP contribution in [0.4, 0.5) is 0 Å². The summed E-state index contributed by atoms with van der Waals surface area (Å²) in [5.74, 6) is -1.90. The largest absolute Gasteiger partial charge is 0.457 e. The molecule has 2 amide bonds. The van der Waals surface area contributed by atoms with E-state index in [1.54, 1.807) is 30.3 Å². The van der Waals surface area contributed by atoms with Crippen molar-refractivity contribution in [3.05, 3.63) is 60.1 Å². The van der Waals surface area contributed by atoms with Gasteiger partial charge in [-0.2, -0.15) is 0 Å². The fourth-order valence-electron chi connectivity index (χ4n) is 1.42. The predicted molar refractivity (Wildman–Crippen MR) is 71.0 cm³/mol. The molecule has 0 bridgehead atoms. The zero-order valence-electron chi connectivity index (χ0n) is 10.9. The summed E-state index contributed by atoms with van der Waals surface area (Å²) in [6.45, 7) is -0.533. The molecule has 0 spiro atoms. The molecule has 7 nitrogen and oxygen atoms in total. The predicted octanol–water partition coefficient (Wildman–Crippen LogP) is 0.898. The highest BCUT2D eigenvalue weighted by molar-refractivity contribution is 5.95. The SMILES string of the molecule is O=C(COC(=O)c1ccco1)NNC(=O)c1ccccc1. The van der Waals surface area contributed by atoms with Crippen molar-refractivity contribution in [1.29, 1.82) is 0 Å². The first-order valence-corrected chi connectivity index (χ1v) is 6.01. The van der Waals surface area contributed by atoms with E-state index in [2.05, 4.69) is 10.9 Å². The number of hydrogen-bond donors (Lipinski definition) is 2. The number of esters is 1. The van der Waals surface area contributed by atoms with Gasteiger partial charge in [-0.1, -0.05) is 18.2 Å². The van der Waals surface area contributed by atoms with Crippen LogP contribution in [0.15, 0.2) is 53.1 Å². The standard InChI is InChI=1S/C14H12N2O5/c17-12(9-21-14(19)11-7-4-8-20-11)15-16-13(18)10-5-2-1-3-6-10/h1-8H,9H2,(H,15,17)(H,16,18). The van der Waals surface area contributed by atoms with Crippen molar-refractivity contribution < 1.29 is 23.5 Å². The van der Waals surface area contributed by atoms with Gasteiger partial charge >= 0.3 is 5.97 Å². The number of nitrogens with one attached hydrogen (secondary N) is 2. The maximum absolute atomic E-state index is 11.6. The Hall–Kier alpha value is -3.09. The fourth-order valence-corrected chi connectivity index (χ4v) is 1.42. The molecule has 0 unspecified atom stereocenters. The zero-order valence-corrected chi connectivity index (χ0v) is 10.9. The molecular weight excluding hydrogens is 276 g/mol. The Morgan fingerprint density at radius 1 is 1.00 bits per heavy atom. The number of ether oxygens (including phenoxy) is 1. The molecule has 1 aromatic heterocycles. The number of furan rings is 1. The summed E-state index contributed by atoms with van der Waals surface area (Å²) in [5.41, 5.74) is 4.73. The van der Waals surface area contributed by atoms with Crippen molar-refractivity contribution in [2.45, 2.75) is 0 Å². The van der Waals surface area contributed by atoms with Crippen molar-refractivity contribution in [3.8, 4) is 0 Å². The van der Waals surface area contributed by atoms with Gasteiger partial charge < -0.3 is 9.15 Å². The first-order valence-electron chi connectivity index (χ1n) is 6.01. The molecule has 108 valence electrons. The molecule has 2 aromatic rings. The molecule has 0 atom stereocenters. The summed E-state index contributed by atoms with van der Waals surface area (Å²) in [7, 11) is 0. The van der Waals surface area contributed by atoms with E-state index in [9.17, 15) is 14.4 Å². The Labute approximate surface area is 119 Å². The second-order valence-corrected chi connectivity index (χ2v) is 3.92. The first kappa shape index (κ1) is 14.3. The minimum Gasteiger partial charge on any atom is -0.457 e. The van der Waals surface area contributed by atoms with Gasteiger partial charge in [0.05, 0.1) is 6.26 Å². The summed E-state index contributed by atoms with van der Waals surface area (Å²) in [5, 5.41) is 0. The number of hydrogen-bond acceptors (Lipinski definition) is 5. The lowest BCUT2D eigenvalue weighted by atomic mass is 10.2. The van der Waals surface area contributed by atoms with Crippen LogP contribution in [-0.4, -0.2) is 24.4 Å². The van der Waals surface area contributed by atoms with Crippen molar-refractivity contribution >= 4 is 17.8 Å². The highest BCUT2D eigenvalue weighted by Gasteiger charge is 2.13. The normalized spacial score (nSPS) is 9.71. The molecule has 2 N–H and O–H groups in total. The Balaban J connectivity index is 1.73. The van der Waals surface area contributed by atoms with Crippen LogP contribution in [-0.2, 0) is 9.53 Å². The Morgan fingerprint density at radius 3 is 2.43 bits per heavy atom. The van der Waals surface area contributed by atoms with Crippen LogP contribution in [0, 0.1) is 0 Å². The van der Waals surface area contributed by atoms with Gasteiger partial charge in [0.2, 0.25) is 5.76 Å². The zero-order chi connectivity index (χ0) is 15.1. The summed E-state index contributed by atoms with van der Waals surface area (Å²) in [6, 6.07) is 11.3. The molecule has 7 heteroatoms. The number of hydrazine groups is 1. The second-order valence-electron chi connectivity index (χ2n) is 3.92. The lowest BCUT2D eigenvalue weighted by molar-refractivity contribution is -0.125. The third kappa shape index (κ3) is 4.20. The minimum absolute atomic E-state index is 0.00359. The van der Waals surface area contributed by atoms with E-state index >= 15 is 0 Å². The Kier molecular flexibility index (Phi) is 4.70. The van der Waals surface area contributed by atoms with Crippen LogP contribution in [0.3, 0.4) is 0 Å². The topological polar surface area (TPSA) is 97.6 Å². The number of benzene rings is 1. The molecule has 0 fully saturated rings. The molecule has 0 aliphatic heterocycles. The van der Waals surface area contributed by atoms with Gasteiger partial charge in [0.25, 0.3) is 11.8 Å². The van der Waals surface area contributed by atoms with E-state index in [0.717, 1.165) is 0 Å². The van der Waals surface area contributed by atoms with Crippen LogP contribution in [0.2, 0.25) is 0 Å². The van der Waals surface area contributed by atoms with Crippen molar-refractivity contribution in [3.63, 3.8) is 0 Å². The van der Waals surface area contributed by atoms with Gasteiger partial charge in [0, 0.05) is 5.56 Å². The van der Waals surface area contributed by atoms with E-state index in [4.69, 9.17) is 9.15 Å². The van der Waals surface area contributed by atoms with Gasteiger partial charge in [-0.25, -0.2) is 4.79 Å². The van der Waals surface area contributed by atoms with Crippen molar-refractivity contribution in [2.24, 2.45) is 0 Å². The summed E-state index contributed by atoms with van der Waals surface area (Å²) in [4.78, 5) is 34.4. The van der Waals surface area contributed by atoms with Crippen LogP contribution in [0.1, 0.15) is 20.9 Å². The number of rotatable bonds is 4. The van der Waals surface area contributed by atoms with E-state index < -0.39 is 24.4 Å². The lowest BCUT2D eigenvalue weighted by Crippen LogP contribution is -2.43. The average molecular weight is 288 g/mol. The van der Waals surface area contributed by atoms with Gasteiger partial charge in [0.15, 0.2) is 6.61 Å². The summed E-state index contributed by atoms with van der Waals surface area (Å²) >= 11 is 0. The molecule has 0 saturated heterocycles. The third-order valence-electron chi connectivity index (χ3n) is 2.41. The number of amides is 2. The molecular formula is C14H12N2O5. The van der Waals surface area contributed by atoms with Crippen LogP contribution >= 0.6 is 0 Å². The van der Waals surface area contributed by atoms with E-state index in [1.165, 1.54) is 18.4 Å². The number of carbonyl (C=O) groups excluding carboxylic acids is 3. The van der Waals surface area contributed by atoms with Crippen LogP contribution < -0.4 is 10.9 Å². The van der Waals surface area contributed by atoms with Crippen molar-refractivity contribution in [2.75, 3.05) is 6.61 Å². The highest BCUT2D eigenvalue weighted by atomic mass is 16.5. The van der Waals surface area contributed by atoms with E-state index in [1.807, 2.05) is 0 Å². The van der Waals surface area contributed by atoms with Crippen LogP contribution in [0.25, 0.3) is 0 Å². The second kappa shape index (κ2) is 6.90. The molecule has 2 rings (SSSR count). The highest BCUT2D eigenvalue weighted by Crippen LogP contribution is 2.01. The molecule has 0 radical (unpaired) electrons. The Morgan fingerprint density at radius 2 is 1.76 bits per heavy atom. The smallest absolute Gasteiger partial charge is 0.374 e. The number of carbonyl (C=O) groups is 3. The first-order chi connectivity index (χ1) is 10.2. The molecule has 1 aromatic carbocycles. The Bertz CT molecular complexity index is 622. The molecule has 0 saturated carbocycles. The molecule has 21 heavy (non-hydrogen) atoms. The van der Waals surface area contributed by atoms with Gasteiger partial charge in [-0.05, 0) is 24.3 Å². The summed E-state index contributed by atoms with van der Waals surface area (Å²) in [6.07, 6.45) is 1.32. The molecule has 0 aliphatic rings. The van der Waals surface area contributed by atoms with E-state index in [-0.39, 0.29) is 5.76 Å². The molecule has 1 heterocycles. The monoisotopic (exact) mass is 288 g/mol. The van der Waals surface area contributed by atoms with Crippen LogP contribution in [0.5, 0.6) is 0 Å². The average Bonchev–Trinajstić information content (AvgIpc) is 3.05. The fraction of sp³-hybridized carbons (Fsp3) is 0.0714. The lowest BCUT2D eigenvalue weighted by Gasteiger charge is -2.07. The maximum Gasteiger partial charge on any atom is 0.374 e. The minimum atomic E-state index is -0.760. The van der Waals surface area contributed by atoms with Gasteiger partial charge in [0.1, 0.15) is 0 Å². The van der Waals surface area contributed by atoms with Crippen molar-refractivity contribution in [1.82, 2.24) is 10.9 Å². The van der Waals surface area contributed by atoms with Gasteiger partial charge in [-0.3, -0.25) is 20.4 Å². The van der Waals surface area contributed by atoms with E-state index in [0.29, 0.717) is 5.56 Å².